The van der Waals surface area contributed by atoms with Crippen LogP contribution in [-0.2, 0) is 9.53 Å². The van der Waals surface area contributed by atoms with Crippen LogP contribution in [0.3, 0.4) is 0 Å². The highest BCUT2D eigenvalue weighted by Crippen LogP contribution is 2.60. The van der Waals surface area contributed by atoms with Crippen molar-refractivity contribution in [2.24, 2.45) is 23.2 Å². The standard InChI is InChI=1S/C20H33N3O3/c1-14(13-26-2)21-19(25)23-5-3-22(4-6-23)18(24)20-10-15-7-16(11-20)9-17(8-15)12-20/h14-17H,3-13H2,1-2H3,(H,21,25). The summed E-state index contributed by atoms with van der Waals surface area (Å²) in [5.41, 5.74) is -0.0633. The van der Waals surface area contributed by atoms with Crippen molar-refractivity contribution in [3.63, 3.8) is 0 Å². The molecule has 5 rings (SSSR count). The molecule has 1 unspecified atom stereocenters. The van der Waals surface area contributed by atoms with Crippen LogP contribution >= 0.6 is 0 Å². The van der Waals surface area contributed by atoms with Gasteiger partial charge in [-0.2, -0.15) is 0 Å². The van der Waals surface area contributed by atoms with Crippen LogP contribution in [0.4, 0.5) is 4.79 Å². The topological polar surface area (TPSA) is 61.9 Å². The molecule has 0 aromatic carbocycles. The first-order valence-electron chi connectivity index (χ1n) is 10.3. The molecule has 0 aromatic rings. The van der Waals surface area contributed by atoms with Crippen LogP contribution in [0, 0.1) is 23.2 Å². The van der Waals surface area contributed by atoms with Crippen molar-refractivity contribution in [1.82, 2.24) is 15.1 Å². The highest BCUT2D eigenvalue weighted by Gasteiger charge is 2.55. The number of carbonyl (C=O) groups excluding carboxylic acids is 2. The number of rotatable bonds is 4. The molecule has 1 N–H and O–H groups in total. The van der Waals surface area contributed by atoms with E-state index < -0.39 is 0 Å². The van der Waals surface area contributed by atoms with E-state index in [1.54, 1.807) is 7.11 Å². The summed E-state index contributed by atoms with van der Waals surface area (Å²) in [4.78, 5) is 29.6. The van der Waals surface area contributed by atoms with E-state index >= 15 is 0 Å². The molecule has 1 atom stereocenters. The van der Waals surface area contributed by atoms with Gasteiger partial charge in [0.25, 0.3) is 0 Å². The molecule has 0 radical (unpaired) electrons. The summed E-state index contributed by atoms with van der Waals surface area (Å²) in [6, 6.07) is -0.0457. The van der Waals surface area contributed by atoms with E-state index in [4.69, 9.17) is 4.74 Å². The van der Waals surface area contributed by atoms with E-state index in [1.165, 1.54) is 19.3 Å². The van der Waals surface area contributed by atoms with Gasteiger partial charge >= 0.3 is 6.03 Å². The fraction of sp³-hybridized carbons (Fsp3) is 0.900. The van der Waals surface area contributed by atoms with Crippen LogP contribution in [-0.4, -0.2) is 67.7 Å². The van der Waals surface area contributed by atoms with Crippen LogP contribution in [0.1, 0.15) is 45.4 Å². The molecular formula is C20H33N3O3. The minimum atomic E-state index is -0.0633. The summed E-state index contributed by atoms with van der Waals surface area (Å²) in [6.45, 7) is 5.05. The summed E-state index contributed by atoms with van der Waals surface area (Å²) >= 11 is 0. The van der Waals surface area contributed by atoms with E-state index in [-0.39, 0.29) is 17.5 Å². The Morgan fingerprint density at radius 3 is 2.00 bits per heavy atom. The first-order valence-corrected chi connectivity index (χ1v) is 10.3. The van der Waals surface area contributed by atoms with Crippen LogP contribution in [0.15, 0.2) is 0 Å². The van der Waals surface area contributed by atoms with Gasteiger partial charge in [-0.3, -0.25) is 4.79 Å². The lowest BCUT2D eigenvalue weighted by atomic mass is 9.49. The molecule has 6 heteroatoms. The fourth-order valence-corrected chi connectivity index (χ4v) is 6.41. The lowest BCUT2D eigenvalue weighted by molar-refractivity contribution is -0.159. The number of hydrogen-bond donors (Lipinski definition) is 1. The van der Waals surface area contributed by atoms with Gasteiger partial charge in [-0.1, -0.05) is 0 Å². The summed E-state index contributed by atoms with van der Waals surface area (Å²) in [5.74, 6) is 2.77. The highest BCUT2D eigenvalue weighted by atomic mass is 16.5. The molecular weight excluding hydrogens is 330 g/mol. The Morgan fingerprint density at radius 2 is 1.50 bits per heavy atom. The number of nitrogens with one attached hydrogen (secondary N) is 1. The molecule has 1 saturated heterocycles. The van der Waals surface area contributed by atoms with Crippen LogP contribution < -0.4 is 5.32 Å². The Morgan fingerprint density at radius 1 is 1.00 bits per heavy atom. The maximum absolute atomic E-state index is 13.4. The molecule has 6 nitrogen and oxygen atoms in total. The zero-order valence-corrected chi connectivity index (χ0v) is 16.2. The molecule has 5 aliphatic rings. The van der Waals surface area contributed by atoms with Crippen LogP contribution in [0.2, 0.25) is 0 Å². The second-order valence-electron chi connectivity index (χ2n) is 9.28. The molecule has 0 spiro atoms. The Kier molecular flexibility index (Phi) is 4.88. The number of hydrogen-bond acceptors (Lipinski definition) is 3. The molecule has 4 aliphatic carbocycles. The second-order valence-corrected chi connectivity index (χ2v) is 9.28. The molecule has 1 heterocycles. The minimum absolute atomic E-state index is 0.000753. The summed E-state index contributed by atoms with van der Waals surface area (Å²) in [7, 11) is 1.64. The van der Waals surface area contributed by atoms with Gasteiger partial charge in [0.2, 0.25) is 5.91 Å². The van der Waals surface area contributed by atoms with Crippen LogP contribution in [0.25, 0.3) is 0 Å². The second kappa shape index (κ2) is 7.02. The summed E-state index contributed by atoms with van der Waals surface area (Å²) < 4.78 is 5.07. The Labute approximate surface area is 156 Å². The Bertz CT molecular complexity index is 521. The van der Waals surface area contributed by atoms with Gasteiger partial charge in [-0.15, -0.1) is 0 Å². The average molecular weight is 364 g/mol. The van der Waals surface area contributed by atoms with Crippen molar-refractivity contribution < 1.29 is 14.3 Å². The van der Waals surface area contributed by atoms with Crippen molar-refractivity contribution in [1.29, 1.82) is 0 Å². The fourth-order valence-electron chi connectivity index (χ4n) is 6.41. The summed E-state index contributed by atoms with van der Waals surface area (Å²) in [6.07, 6.45) is 7.44. The monoisotopic (exact) mass is 363 g/mol. The molecule has 4 saturated carbocycles. The minimum Gasteiger partial charge on any atom is -0.383 e. The van der Waals surface area contributed by atoms with E-state index in [1.807, 2.05) is 11.8 Å². The van der Waals surface area contributed by atoms with Crippen molar-refractivity contribution in [2.75, 3.05) is 39.9 Å². The number of nitrogens with zero attached hydrogens (tertiary/aromatic N) is 2. The zero-order chi connectivity index (χ0) is 18.3. The van der Waals surface area contributed by atoms with E-state index in [2.05, 4.69) is 10.2 Å². The average Bonchev–Trinajstić information content (AvgIpc) is 2.60. The summed E-state index contributed by atoms with van der Waals surface area (Å²) in [5, 5.41) is 2.96. The number of ether oxygens (including phenoxy) is 1. The SMILES string of the molecule is COCC(C)NC(=O)N1CCN(C(=O)C23CC4CC(CC(C4)C2)C3)CC1. The number of urea groups is 1. The molecule has 1 aliphatic heterocycles. The van der Waals surface area contributed by atoms with Gasteiger partial charge in [0.15, 0.2) is 0 Å². The van der Waals surface area contributed by atoms with E-state index in [9.17, 15) is 9.59 Å². The number of carbonyl (C=O) groups is 2. The Balaban J connectivity index is 1.32. The van der Waals surface area contributed by atoms with Crippen molar-refractivity contribution in [3.05, 3.63) is 0 Å². The third kappa shape index (κ3) is 3.32. The first kappa shape index (κ1) is 18.1. The normalized spacial score (nSPS) is 36.9. The van der Waals surface area contributed by atoms with Crippen LogP contribution in [0.5, 0.6) is 0 Å². The lowest BCUT2D eigenvalue weighted by Gasteiger charge is -2.57. The van der Waals surface area contributed by atoms with Gasteiger partial charge in [0, 0.05) is 33.3 Å². The van der Waals surface area contributed by atoms with Gasteiger partial charge in [-0.25, -0.2) is 4.79 Å². The molecule has 5 fully saturated rings. The number of amides is 3. The number of piperazine rings is 1. The highest BCUT2D eigenvalue weighted by molar-refractivity contribution is 5.84. The molecule has 4 bridgehead atoms. The maximum Gasteiger partial charge on any atom is 0.317 e. The molecule has 3 amide bonds. The Hall–Kier alpha value is -1.30. The molecule has 146 valence electrons. The first-order chi connectivity index (χ1) is 12.5. The third-order valence-corrected chi connectivity index (χ3v) is 7.13. The van der Waals surface area contributed by atoms with Crippen molar-refractivity contribution in [2.45, 2.75) is 51.5 Å². The van der Waals surface area contributed by atoms with Gasteiger partial charge < -0.3 is 19.9 Å². The number of methoxy groups -OCH3 is 1. The predicted molar refractivity (Wildman–Crippen MR) is 98.6 cm³/mol. The van der Waals surface area contributed by atoms with E-state index in [0.29, 0.717) is 38.7 Å². The lowest BCUT2D eigenvalue weighted by Crippen LogP contribution is -2.59. The van der Waals surface area contributed by atoms with Gasteiger partial charge in [0.05, 0.1) is 18.1 Å². The van der Waals surface area contributed by atoms with Gasteiger partial charge in [0.1, 0.15) is 0 Å². The zero-order valence-electron chi connectivity index (χ0n) is 16.2. The largest absolute Gasteiger partial charge is 0.383 e. The van der Waals surface area contributed by atoms with Crippen molar-refractivity contribution >= 4 is 11.9 Å². The maximum atomic E-state index is 13.4. The third-order valence-electron chi connectivity index (χ3n) is 7.13. The predicted octanol–water partition coefficient (Wildman–Crippen LogP) is 2.09. The van der Waals surface area contributed by atoms with Gasteiger partial charge in [-0.05, 0) is 63.2 Å². The molecule has 0 aromatic heterocycles. The smallest absolute Gasteiger partial charge is 0.317 e. The van der Waals surface area contributed by atoms with E-state index in [0.717, 1.165) is 37.0 Å². The quantitative estimate of drug-likeness (QED) is 0.832. The molecule has 26 heavy (non-hydrogen) atoms. The van der Waals surface area contributed by atoms with Crippen molar-refractivity contribution in [3.8, 4) is 0 Å².